The van der Waals surface area contributed by atoms with Crippen LogP contribution in [0.25, 0.3) is 0 Å². The Morgan fingerprint density at radius 1 is 1.22 bits per heavy atom. The summed E-state index contributed by atoms with van der Waals surface area (Å²) in [6.07, 6.45) is 1.24. The normalized spacial score (nSPS) is 12.9. The summed E-state index contributed by atoms with van der Waals surface area (Å²) in [5, 5.41) is 0. The van der Waals surface area contributed by atoms with Gasteiger partial charge in [0.05, 0.1) is 21.1 Å². The van der Waals surface area contributed by atoms with Crippen molar-refractivity contribution in [2.45, 2.75) is 39.2 Å². The quantitative estimate of drug-likeness (QED) is 0.488. The first kappa shape index (κ1) is 16.9. The minimum absolute atomic E-state index is 0.333. The van der Waals surface area contributed by atoms with E-state index in [9.17, 15) is 9.59 Å². The highest BCUT2D eigenvalue weighted by atomic mass is 16.6. The number of nitrogens with zero attached hydrogens (tertiary/aromatic N) is 1. The van der Waals surface area contributed by atoms with Crippen LogP contribution in [0.3, 0.4) is 0 Å². The summed E-state index contributed by atoms with van der Waals surface area (Å²) in [6, 6.07) is 0. The summed E-state index contributed by atoms with van der Waals surface area (Å²) >= 11 is 0. The molecule has 0 aliphatic heterocycles. The minimum atomic E-state index is -0.818. The van der Waals surface area contributed by atoms with Gasteiger partial charge < -0.3 is 14.0 Å². The molecule has 0 bridgehead atoms. The molecule has 1 unspecified atom stereocenters. The molecule has 0 heterocycles. The van der Waals surface area contributed by atoms with E-state index in [1.54, 1.807) is 0 Å². The van der Waals surface area contributed by atoms with Crippen molar-refractivity contribution >= 4 is 11.9 Å². The highest BCUT2D eigenvalue weighted by Crippen LogP contribution is 2.02. The predicted molar refractivity (Wildman–Crippen MR) is 68.9 cm³/mol. The molecule has 0 fully saturated rings. The van der Waals surface area contributed by atoms with Gasteiger partial charge in [0, 0.05) is 6.42 Å². The van der Waals surface area contributed by atoms with Crippen LogP contribution in [-0.2, 0) is 19.1 Å². The lowest BCUT2D eigenvalue weighted by atomic mass is 10.2. The fourth-order valence-electron chi connectivity index (χ4n) is 1.16. The molecule has 0 aliphatic rings. The lowest BCUT2D eigenvalue weighted by Crippen LogP contribution is -2.39. The SMILES string of the molecule is CCCCC(=O)OC(C)C(=O)OCC[N+](C)(C)C. The third-order valence-electron chi connectivity index (χ3n) is 2.38. The van der Waals surface area contributed by atoms with Crippen LogP contribution in [0, 0.1) is 0 Å². The molecule has 0 N–H and O–H groups in total. The molecule has 0 saturated heterocycles. The van der Waals surface area contributed by atoms with Crippen LogP contribution in [0.5, 0.6) is 0 Å². The molecular weight excluding hydrogens is 234 g/mol. The summed E-state index contributed by atoms with van der Waals surface area (Å²) in [5.41, 5.74) is 0. The number of quaternary nitrogens is 1. The largest absolute Gasteiger partial charge is 0.457 e. The van der Waals surface area contributed by atoms with Crippen molar-refractivity contribution in [1.82, 2.24) is 0 Å². The second-order valence-electron chi connectivity index (χ2n) is 5.42. The Morgan fingerprint density at radius 2 is 1.83 bits per heavy atom. The van der Waals surface area contributed by atoms with Crippen LogP contribution < -0.4 is 0 Å². The molecule has 0 aromatic rings. The fraction of sp³-hybridized carbons (Fsp3) is 0.846. The topological polar surface area (TPSA) is 52.6 Å². The smallest absolute Gasteiger partial charge is 0.347 e. The Balaban J connectivity index is 3.86. The van der Waals surface area contributed by atoms with Crippen molar-refractivity contribution in [3.8, 4) is 0 Å². The van der Waals surface area contributed by atoms with Crippen molar-refractivity contribution in [3.63, 3.8) is 0 Å². The van der Waals surface area contributed by atoms with E-state index < -0.39 is 12.1 Å². The molecule has 18 heavy (non-hydrogen) atoms. The van der Waals surface area contributed by atoms with Crippen LogP contribution in [0.1, 0.15) is 33.1 Å². The van der Waals surface area contributed by atoms with Gasteiger partial charge in [-0.1, -0.05) is 13.3 Å². The third-order valence-corrected chi connectivity index (χ3v) is 2.38. The third kappa shape index (κ3) is 8.98. The zero-order valence-electron chi connectivity index (χ0n) is 12.2. The Morgan fingerprint density at radius 3 is 2.33 bits per heavy atom. The lowest BCUT2D eigenvalue weighted by Gasteiger charge is -2.23. The first-order valence-electron chi connectivity index (χ1n) is 6.43. The standard InChI is InChI=1S/C13H26NO4/c1-6-7-8-12(15)18-11(2)13(16)17-10-9-14(3,4)5/h11H,6-10H2,1-5H3/q+1. The number of hydrogen-bond acceptors (Lipinski definition) is 4. The Kier molecular flexibility index (Phi) is 7.59. The number of esters is 2. The van der Waals surface area contributed by atoms with Gasteiger partial charge in [-0.25, -0.2) is 4.79 Å². The molecule has 0 rings (SSSR count). The lowest BCUT2D eigenvalue weighted by molar-refractivity contribution is -0.870. The van der Waals surface area contributed by atoms with Gasteiger partial charge in [0.15, 0.2) is 6.10 Å². The number of hydrogen-bond donors (Lipinski definition) is 0. The van der Waals surface area contributed by atoms with Crippen molar-refractivity contribution in [1.29, 1.82) is 0 Å². The number of carbonyl (C=O) groups is 2. The molecule has 0 amide bonds. The van der Waals surface area contributed by atoms with Crippen molar-refractivity contribution in [2.24, 2.45) is 0 Å². The van der Waals surface area contributed by atoms with Crippen LogP contribution in [0.4, 0.5) is 0 Å². The summed E-state index contributed by atoms with van der Waals surface area (Å²) in [5.74, 6) is -0.818. The number of carbonyl (C=O) groups excluding carboxylic acids is 2. The minimum Gasteiger partial charge on any atom is -0.457 e. The monoisotopic (exact) mass is 260 g/mol. The van der Waals surface area contributed by atoms with Crippen LogP contribution in [0.2, 0.25) is 0 Å². The molecule has 0 radical (unpaired) electrons. The van der Waals surface area contributed by atoms with Crippen LogP contribution >= 0.6 is 0 Å². The molecular formula is C13H26NO4+. The average molecular weight is 260 g/mol. The van der Waals surface area contributed by atoms with Crippen LogP contribution in [-0.4, -0.2) is 56.8 Å². The van der Waals surface area contributed by atoms with Gasteiger partial charge in [0.2, 0.25) is 0 Å². The highest BCUT2D eigenvalue weighted by molar-refractivity contribution is 5.78. The van der Waals surface area contributed by atoms with Gasteiger partial charge in [-0.2, -0.15) is 0 Å². The van der Waals surface area contributed by atoms with Crippen molar-refractivity contribution in [3.05, 3.63) is 0 Å². The van der Waals surface area contributed by atoms with E-state index in [4.69, 9.17) is 9.47 Å². The van der Waals surface area contributed by atoms with E-state index in [0.717, 1.165) is 23.9 Å². The Bertz CT molecular complexity index is 271. The van der Waals surface area contributed by atoms with Gasteiger partial charge >= 0.3 is 11.9 Å². The van der Waals surface area contributed by atoms with E-state index in [1.807, 2.05) is 28.1 Å². The van der Waals surface area contributed by atoms with Crippen molar-refractivity contribution < 1.29 is 23.5 Å². The number of unbranched alkanes of at least 4 members (excludes halogenated alkanes) is 1. The molecule has 0 aliphatic carbocycles. The molecule has 0 aromatic heterocycles. The van der Waals surface area contributed by atoms with E-state index in [2.05, 4.69) is 0 Å². The summed E-state index contributed by atoms with van der Waals surface area (Å²) < 4.78 is 10.8. The van der Waals surface area contributed by atoms with Gasteiger partial charge in [-0.05, 0) is 13.3 Å². The van der Waals surface area contributed by atoms with Gasteiger partial charge in [-0.3, -0.25) is 4.79 Å². The van der Waals surface area contributed by atoms with Crippen molar-refractivity contribution in [2.75, 3.05) is 34.3 Å². The molecule has 5 heteroatoms. The molecule has 106 valence electrons. The maximum atomic E-state index is 11.5. The average Bonchev–Trinajstić information content (AvgIpc) is 2.24. The first-order valence-corrected chi connectivity index (χ1v) is 6.43. The van der Waals surface area contributed by atoms with E-state index in [1.165, 1.54) is 6.92 Å². The van der Waals surface area contributed by atoms with Gasteiger partial charge in [-0.15, -0.1) is 0 Å². The number of rotatable bonds is 8. The van der Waals surface area contributed by atoms with Gasteiger partial charge in [0.1, 0.15) is 13.2 Å². The Labute approximate surface area is 110 Å². The number of likely N-dealkylation sites (N-methyl/N-ethyl adjacent to an activating group) is 1. The molecule has 5 nitrogen and oxygen atoms in total. The summed E-state index contributed by atoms with van der Waals surface area (Å²) in [7, 11) is 6.05. The number of ether oxygens (including phenoxy) is 2. The molecule has 0 saturated carbocycles. The molecule has 0 spiro atoms. The van der Waals surface area contributed by atoms with Gasteiger partial charge in [0.25, 0.3) is 0 Å². The summed E-state index contributed by atoms with van der Waals surface area (Å²) in [6.45, 7) is 4.59. The fourth-order valence-corrected chi connectivity index (χ4v) is 1.16. The molecule has 0 aromatic carbocycles. The molecule has 1 atom stereocenters. The summed E-state index contributed by atoms with van der Waals surface area (Å²) in [4.78, 5) is 22.8. The second kappa shape index (κ2) is 8.08. The maximum Gasteiger partial charge on any atom is 0.347 e. The van der Waals surface area contributed by atoms with E-state index in [-0.39, 0.29) is 5.97 Å². The van der Waals surface area contributed by atoms with Crippen LogP contribution in [0.15, 0.2) is 0 Å². The Hall–Kier alpha value is -1.10. The predicted octanol–water partition coefficient (Wildman–Crippen LogP) is 1.36. The second-order valence-corrected chi connectivity index (χ2v) is 5.42. The first-order chi connectivity index (χ1) is 8.26. The maximum absolute atomic E-state index is 11.5. The highest BCUT2D eigenvalue weighted by Gasteiger charge is 2.19. The van der Waals surface area contributed by atoms with E-state index >= 15 is 0 Å². The zero-order valence-corrected chi connectivity index (χ0v) is 12.2. The van der Waals surface area contributed by atoms with E-state index in [0.29, 0.717) is 13.0 Å². The zero-order chi connectivity index (χ0) is 14.2.